The molecular formula is C20H34ClIN4O. The van der Waals surface area contributed by atoms with E-state index in [4.69, 9.17) is 16.3 Å². The lowest BCUT2D eigenvalue weighted by molar-refractivity contribution is 0.187. The molecule has 0 atom stereocenters. The summed E-state index contributed by atoms with van der Waals surface area (Å²) in [6, 6.07) is 6.31. The summed E-state index contributed by atoms with van der Waals surface area (Å²) in [6.45, 7) is 8.87. The standard InChI is InChI=1S/C20H33ClN4O.HI/c1-15(2)14-25-11-8-17(9-12-25)24-20(22-3)23-10-7-16-5-6-18(26-4)13-19(16)21;/h5-6,13,15,17H,7-12,14H2,1-4H3,(H2,22,23,24);1H. The zero-order valence-corrected chi connectivity index (χ0v) is 20.0. The van der Waals surface area contributed by atoms with E-state index in [0.717, 1.165) is 67.1 Å². The van der Waals surface area contributed by atoms with Crippen LogP contribution >= 0.6 is 35.6 Å². The van der Waals surface area contributed by atoms with Gasteiger partial charge in [0.15, 0.2) is 5.96 Å². The van der Waals surface area contributed by atoms with Gasteiger partial charge in [0.25, 0.3) is 0 Å². The molecule has 2 N–H and O–H groups in total. The van der Waals surface area contributed by atoms with Crippen molar-refractivity contribution in [2.45, 2.75) is 39.2 Å². The molecule has 1 heterocycles. The number of likely N-dealkylation sites (tertiary alicyclic amines) is 1. The van der Waals surface area contributed by atoms with Gasteiger partial charge in [-0.15, -0.1) is 24.0 Å². The van der Waals surface area contributed by atoms with E-state index in [1.807, 2.05) is 25.2 Å². The van der Waals surface area contributed by atoms with Crippen molar-refractivity contribution < 1.29 is 4.74 Å². The summed E-state index contributed by atoms with van der Waals surface area (Å²) in [7, 11) is 3.47. The fourth-order valence-electron chi connectivity index (χ4n) is 3.34. The highest BCUT2D eigenvalue weighted by atomic mass is 127. The molecule has 0 spiro atoms. The van der Waals surface area contributed by atoms with Gasteiger partial charge in [-0.2, -0.15) is 0 Å². The topological polar surface area (TPSA) is 48.9 Å². The molecule has 1 aromatic carbocycles. The van der Waals surface area contributed by atoms with Crippen LogP contribution in [0.25, 0.3) is 0 Å². The molecule has 0 unspecified atom stereocenters. The lowest BCUT2D eigenvalue weighted by Crippen LogP contribution is -2.49. The Kier molecular flexibility index (Phi) is 11.4. The second kappa shape index (κ2) is 12.7. The summed E-state index contributed by atoms with van der Waals surface area (Å²) in [5.74, 6) is 2.39. The normalized spacial score (nSPS) is 16.1. The van der Waals surface area contributed by atoms with E-state index in [-0.39, 0.29) is 24.0 Å². The molecule has 0 bridgehead atoms. The smallest absolute Gasteiger partial charge is 0.191 e. The van der Waals surface area contributed by atoms with Crippen LogP contribution < -0.4 is 15.4 Å². The number of halogens is 2. The summed E-state index contributed by atoms with van der Waals surface area (Å²) < 4.78 is 5.19. The molecule has 27 heavy (non-hydrogen) atoms. The van der Waals surface area contributed by atoms with Gasteiger partial charge in [-0.25, -0.2) is 0 Å². The fraction of sp³-hybridized carbons (Fsp3) is 0.650. The first-order valence-corrected chi connectivity index (χ1v) is 9.91. The molecule has 0 saturated carbocycles. The number of hydrogen-bond donors (Lipinski definition) is 2. The van der Waals surface area contributed by atoms with Gasteiger partial charge >= 0.3 is 0 Å². The highest BCUT2D eigenvalue weighted by molar-refractivity contribution is 14.0. The summed E-state index contributed by atoms with van der Waals surface area (Å²) in [5, 5.41) is 7.70. The maximum Gasteiger partial charge on any atom is 0.191 e. The van der Waals surface area contributed by atoms with Crippen LogP contribution in [0.2, 0.25) is 5.02 Å². The van der Waals surface area contributed by atoms with Crippen LogP contribution in [0.1, 0.15) is 32.3 Å². The lowest BCUT2D eigenvalue weighted by Gasteiger charge is -2.34. The first-order chi connectivity index (χ1) is 12.5. The van der Waals surface area contributed by atoms with Crippen molar-refractivity contribution in [1.82, 2.24) is 15.5 Å². The zero-order valence-electron chi connectivity index (χ0n) is 16.9. The van der Waals surface area contributed by atoms with Crippen molar-refractivity contribution in [3.63, 3.8) is 0 Å². The van der Waals surface area contributed by atoms with Crippen LogP contribution in [0.15, 0.2) is 23.2 Å². The Bertz CT molecular complexity index is 589. The maximum absolute atomic E-state index is 6.30. The first-order valence-electron chi connectivity index (χ1n) is 9.53. The monoisotopic (exact) mass is 508 g/mol. The third-order valence-corrected chi connectivity index (χ3v) is 5.07. The van der Waals surface area contributed by atoms with Crippen LogP contribution in [-0.2, 0) is 6.42 Å². The number of nitrogens with one attached hydrogen (secondary N) is 2. The van der Waals surface area contributed by atoms with Crippen molar-refractivity contribution in [2.24, 2.45) is 10.9 Å². The third kappa shape index (κ3) is 8.44. The molecule has 1 fully saturated rings. The number of hydrogen-bond acceptors (Lipinski definition) is 3. The van der Waals surface area contributed by atoms with Gasteiger partial charge in [0.2, 0.25) is 0 Å². The second-order valence-electron chi connectivity index (χ2n) is 7.32. The Morgan fingerprint density at radius 3 is 2.59 bits per heavy atom. The molecule has 2 rings (SSSR count). The summed E-state index contributed by atoms with van der Waals surface area (Å²) >= 11 is 6.30. The number of rotatable bonds is 7. The number of piperidine rings is 1. The van der Waals surface area contributed by atoms with E-state index in [1.165, 1.54) is 6.54 Å². The highest BCUT2D eigenvalue weighted by Gasteiger charge is 2.20. The number of ether oxygens (including phenoxy) is 1. The van der Waals surface area contributed by atoms with Gasteiger partial charge in [-0.1, -0.05) is 31.5 Å². The highest BCUT2D eigenvalue weighted by Crippen LogP contribution is 2.22. The van der Waals surface area contributed by atoms with E-state index in [0.29, 0.717) is 6.04 Å². The van der Waals surface area contributed by atoms with E-state index in [1.54, 1.807) is 7.11 Å². The van der Waals surface area contributed by atoms with Gasteiger partial charge in [0.05, 0.1) is 7.11 Å². The summed E-state index contributed by atoms with van der Waals surface area (Å²) in [5.41, 5.74) is 1.11. The molecule has 1 aliphatic heterocycles. The lowest BCUT2D eigenvalue weighted by atomic mass is 10.0. The number of aliphatic imine (C=N–C) groups is 1. The largest absolute Gasteiger partial charge is 0.497 e. The molecule has 1 saturated heterocycles. The van der Waals surface area contributed by atoms with E-state index in [9.17, 15) is 0 Å². The van der Waals surface area contributed by atoms with Crippen LogP contribution in [0.5, 0.6) is 5.75 Å². The fourth-order valence-corrected chi connectivity index (χ4v) is 3.60. The van der Waals surface area contributed by atoms with Crippen molar-refractivity contribution in [3.8, 4) is 5.75 Å². The Morgan fingerprint density at radius 1 is 1.33 bits per heavy atom. The van der Waals surface area contributed by atoms with Crippen molar-refractivity contribution in [1.29, 1.82) is 0 Å². The minimum absolute atomic E-state index is 0. The minimum atomic E-state index is 0. The van der Waals surface area contributed by atoms with Gasteiger partial charge in [-0.05, 0) is 42.9 Å². The number of benzene rings is 1. The van der Waals surface area contributed by atoms with E-state index >= 15 is 0 Å². The molecule has 1 aliphatic rings. The van der Waals surface area contributed by atoms with Gasteiger partial charge in [-0.3, -0.25) is 4.99 Å². The number of guanidine groups is 1. The molecule has 5 nitrogen and oxygen atoms in total. The van der Waals surface area contributed by atoms with E-state index in [2.05, 4.69) is 34.4 Å². The van der Waals surface area contributed by atoms with Crippen LogP contribution in [-0.4, -0.2) is 57.2 Å². The molecule has 0 amide bonds. The molecular weight excluding hydrogens is 475 g/mol. The van der Waals surface area contributed by atoms with Gasteiger partial charge in [0.1, 0.15) is 5.75 Å². The van der Waals surface area contributed by atoms with Gasteiger partial charge in [0, 0.05) is 44.3 Å². The molecule has 154 valence electrons. The van der Waals surface area contributed by atoms with Gasteiger partial charge < -0.3 is 20.3 Å². The Balaban J connectivity index is 0.00000364. The third-order valence-electron chi connectivity index (χ3n) is 4.72. The zero-order chi connectivity index (χ0) is 18.9. The average Bonchev–Trinajstić information content (AvgIpc) is 2.63. The Labute approximate surface area is 186 Å². The summed E-state index contributed by atoms with van der Waals surface area (Å²) in [4.78, 5) is 6.92. The Hall–Kier alpha value is -0.730. The average molecular weight is 509 g/mol. The SMILES string of the molecule is CN=C(NCCc1ccc(OC)cc1Cl)NC1CCN(CC(C)C)CC1.I. The minimum Gasteiger partial charge on any atom is -0.497 e. The van der Waals surface area contributed by atoms with Crippen LogP contribution in [0, 0.1) is 5.92 Å². The predicted molar refractivity (Wildman–Crippen MR) is 126 cm³/mol. The van der Waals surface area contributed by atoms with Crippen LogP contribution in [0.4, 0.5) is 0 Å². The number of nitrogens with zero attached hydrogens (tertiary/aromatic N) is 2. The summed E-state index contributed by atoms with van der Waals surface area (Å²) in [6.07, 6.45) is 3.17. The van der Waals surface area contributed by atoms with Crippen molar-refractivity contribution in [3.05, 3.63) is 28.8 Å². The molecule has 0 aromatic heterocycles. The molecule has 0 aliphatic carbocycles. The molecule has 0 radical (unpaired) electrons. The quantitative estimate of drug-likeness (QED) is 0.334. The van der Waals surface area contributed by atoms with Crippen molar-refractivity contribution in [2.75, 3.05) is 40.3 Å². The molecule has 1 aromatic rings. The van der Waals surface area contributed by atoms with E-state index < -0.39 is 0 Å². The number of methoxy groups -OCH3 is 1. The Morgan fingerprint density at radius 2 is 2.04 bits per heavy atom. The first kappa shape index (κ1) is 24.3. The second-order valence-corrected chi connectivity index (χ2v) is 7.73. The molecule has 7 heteroatoms. The maximum atomic E-state index is 6.30. The predicted octanol–water partition coefficient (Wildman–Crippen LogP) is 3.79. The van der Waals surface area contributed by atoms with Crippen molar-refractivity contribution >= 4 is 41.5 Å². The van der Waals surface area contributed by atoms with Crippen LogP contribution in [0.3, 0.4) is 0 Å².